The smallest absolute Gasteiger partial charge is 0.138 e. The van der Waals surface area contributed by atoms with Crippen molar-refractivity contribution in [2.24, 2.45) is 5.92 Å². The summed E-state index contributed by atoms with van der Waals surface area (Å²) in [5.41, 5.74) is 0. The summed E-state index contributed by atoms with van der Waals surface area (Å²) in [6, 6.07) is 0.312. The third-order valence-electron chi connectivity index (χ3n) is 2.23. The molecule has 1 aliphatic rings. The monoisotopic (exact) mass is 153 g/mol. The summed E-state index contributed by atoms with van der Waals surface area (Å²) in [5.74, 6) is 0.569. The third kappa shape index (κ3) is 1.82. The maximum Gasteiger partial charge on any atom is 0.138 e. The number of hydrogen-bond donors (Lipinski definition) is 1. The Morgan fingerprint density at radius 2 is 2.45 bits per heavy atom. The zero-order valence-corrected chi connectivity index (χ0v) is 7.13. The molecule has 2 unspecified atom stereocenters. The van der Waals surface area contributed by atoms with Crippen LogP contribution in [0.5, 0.6) is 0 Å². The maximum atomic E-state index is 11.3. The molecule has 2 heteroatoms. The number of Topliss-reactive ketones (excluding diaryl/α,β-unsaturated/α-hetero) is 1. The van der Waals surface area contributed by atoms with E-state index in [-0.39, 0.29) is 5.92 Å². The van der Waals surface area contributed by atoms with E-state index in [1.807, 2.05) is 19.2 Å². The van der Waals surface area contributed by atoms with Crippen molar-refractivity contribution in [3.8, 4) is 0 Å². The van der Waals surface area contributed by atoms with Gasteiger partial charge in [0.1, 0.15) is 5.78 Å². The summed E-state index contributed by atoms with van der Waals surface area (Å²) in [4.78, 5) is 11.3. The largest absolute Gasteiger partial charge is 0.388 e. The molecule has 1 aliphatic heterocycles. The lowest BCUT2D eigenvalue weighted by Crippen LogP contribution is -2.37. The van der Waals surface area contributed by atoms with Crippen LogP contribution >= 0.6 is 0 Å². The minimum atomic E-state index is 0.199. The van der Waals surface area contributed by atoms with Crippen molar-refractivity contribution in [1.29, 1.82) is 0 Å². The second-order valence-corrected chi connectivity index (χ2v) is 3.02. The van der Waals surface area contributed by atoms with Crippen molar-refractivity contribution in [3.63, 3.8) is 0 Å². The minimum absolute atomic E-state index is 0.199. The van der Waals surface area contributed by atoms with Gasteiger partial charge in [-0.25, -0.2) is 0 Å². The predicted octanol–water partition coefficient (Wildman–Crippen LogP) is 1.48. The molecule has 0 aromatic rings. The van der Waals surface area contributed by atoms with Crippen molar-refractivity contribution in [2.45, 2.75) is 32.7 Å². The molecule has 0 aromatic heterocycles. The SMILES string of the molecule is CCC(=O)C1CC=CNC1C. The summed E-state index contributed by atoms with van der Waals surface area (Å²) >= 11 is 0. The molecular weight excluding hydrogens is 138 g/mol. The lowest BCUT2D eigenvalue weighted by Gasteiger charge is -2.24. The number of carbonyl (C=O) groups is 1. The molecule has 1 heterocycles. The van der Waals surface area contributed by atoms with Crippen LogP contribution in [0.2, 0.25) is 0 Å². The van der Waals surface area contributed by atoms with E-state index in [4.69, 9.17) is 0 Å². The minimum Gasteiger partial charge on any atom is -0.388 e. The van der Waals surface area contributed by atoms with E-state index in [0.717, 1.165) is 6.42 Å². The molecule has 62 valence electrons. The quantitative estimate of drug-likeness (QED) is 0.651. The van der Waals surface area contributed by atoms with Gasteiger partial charge < -0.3 is 5.32 Å². The van der Waals surface area contributed by atoms with Crippen LogP contribution in [-0.4, -0.2) is 11.8 Å². The van der Waals surface area contributed by atoms with Crippen molar-refractivity contribution < 1.29 is 4.79 Å². The second-order valence-electron chi connectivity index (χ2n) is 3.02. The van der Waals surface area contributed by atoms with Gasteiger partial charge in [-0.3, -0.25) is 4.79 Å². The zero-order chi connectivity index (χ0) is 8.27. The highest BCUT2D eigenvalue weighted by molar-refractivity contribution is 5.81. The lowest BCUT2D eigenvalue weighted by atomic mass is 9.90. The van der Waals surface area contributed by atoms with Gasteiger partial charge in [0, 0.05) is 18.4 Å². The fourth-order valence-corrected chi connectivity index (χ4v) is 1.43. The Balaban J connectivity index is 2.56. The average molecular weight is 153 g/mol. The van der Waals surface area contributed by atoms with E-state index in [1.54, 1.807) is 0 Å². The van der Waals surface area contributed by atoms with Crippen molar-refractivity contribution in [3.05, 3.63) is 12.3 Å². The summed E-state index contributed by atoms with van der Waals surface area (Å²) in [7, 11) is 0. The van der Waals surface area contributed by atoms with E-state index >= 15 is 0 Å². The lowest BCUT2D eigenvalue weighted by molar-refractivity contribution is -0.123. The van der Waals surface area contributed by atoms with Crippen LogP contribution in [0.15, 0.2) is 12.3 Å². The Bertz CT molecular complexity index is 174. The number of carbonyl (C=O) groups excluding carboxylic acids is 1. The van der Waals surface area contributed by atoms with Crippen LogP contribution < -0.4 is 5.32 Å². The summed E-state index contributed by atoms with van der Waals surface area (Å²) < 4.78 is 0. The molecule has 0 saturated heterocycles. The molecule has 0 saturated carbocycles. The Morgan fingerprint density at radius 1 is 1.73 bits per heavy atom. The van der Waals surface area contributed by atoms with Gasteiger partial charge in [0.15, 0.2) is 0 Å². The fourth-order valence-electron chi connectivity index (χ4n) is 1.43. The van der Waals surface area contributed by atoms with Crippen LogP contribution in [-0.2, 0) is 4.79 Å². The van der Waals surface area contributed by atoms with Crippen LogP contribution in [0.3, 0.4) is 0 Å². The summed E-state index contributed by atoms with van der Waals surface area (Å²) in [6.07, 6.45) is 5.52. The van der Waals surface area contributed by atoms with Crippen LogP contribution in [0, 0.1) is 5.92 Å². The van der Waals surface area contributed by atoms with Crippen LogP contribution in [0.4, 0.5) is 0 Å². The molecular formula is C9H15NO. The first-order valence-corrected chi connectivity index (χ1v) is 4.19. The van der Waals surface area contributed by atoms with E-state index < -0.39 is 0 Å². The molecule has 2 atom stereocenters. The third-order valence-corrected chi connectivity index (χ3v) is 2.23. The fraction of sp³-hybridized carbons (Fsp3) is 0.667. The highest BCUT2D eigenvalue weighted by Crippen LogP contribution is 2.16. The first-order valence-electron chi connectivity index (χ1n) is 4.19. The summed E-state index contributed by atoms with van der Waals surface area (Å²) in [6.45, 7) is 3.98. The molecule has 0 amide bonds. The second kappa shape index (κ2) is 3.56. The normalized spacial score (nSPS) is 29.6. The Kier molecular flexibility index (Phi) is 2.69. The Morgan fingerprint density at radius 3 is 3.00 bits per heavy atom. The van der Waals surface area contributed by atoms with Gasteiger partial charge >= 0.3 is 0 Å². The van der Waals surface area contributed by atoms with E-state index in [0.29, 0.717) is 18.2 Å². The van der Waals surface area contributed by atoms with Gasteiger partial charge in [-0.15, -0.1) is 0 Å². The van der Waals surface area contributed by atoms with E-state index in [2.05, 4.69) is 12.2 Å². The van der Waals surface area contributed by atoms with E-state index in [9.17, 15) is 4.79 Å². The maximum absolute atomic E-state index is 11.3. The highest BCUT2D eigenvalue weighted by Gasteiger charge is 2.23. The number of hydrogen-bond acceptors (Lipinski definition) is 2. The van der Waals surface area contributed by atoms with E-state index in [1.165, 1.54) is 0 Å². The van der Waals surface area contributed by atoms with Gasteiger partial charge in [0.05, 0.1) is 0 Å². The van der Waals surface area contributed by atoms with Crippen molar-refractivity contribution >= 4 is 5.78 Å². The number of rotatable bonds is 2. The molecule has 0 aliphatic carbocycles. The molecule has 0 radical (unpaired) electrons. The predicted molar refractivity (Wildman–Crippen MR) is 45.1 cm³/mol. The molecule has 0 fully saturated rings. The van der Waals surface area contributed by atoms with Gasteiger partial charge in [0.2, 0.25) is 0 Å². The van der Waals surface area contributed by atoms with Gasteiger partial charge in [-0.2, -0.15) is 0 Å². The zero-order valence-electron chi connectivity index (χ0n) is 7.13. The Hall–Kier alpha value is -0.790. The first-order chi connectivity index (χ1) is 5.25. The molecule has 0 spiro atoms. The summed E-state index contributed by atoms with van der Waals surface area (Å²) in [5, 5.41) is 3.15. The molecule has 0 bridgehead atoms. The van der Waals surface area contributed by atoms with Crippen molar-refractivity contribution in [1.82, 2.24) is 5.32 Å². The first kappa shape index (κ1) is 8.31. The number of allylic oxidation sites excluding steroid dienone is 1. The van der Waals surface area contributed by atoms with Crippen LogP contribution in [0.1, 0.15) is 26.7 Å². The Labute approximate surface area is 67.7 Å². The van der Waals surface area contributed by atoms with Gasteiger partial charge in [-0.05, 0) is 19.5 Å². The standard InChI is InChI=1S/C9H15NO/c1-3-9(11)8-5-4-6-10-7(8)2/h4,6-8,10H,3,5H2,1-2H3. The average Bonchev–Trinajstić information content (AvgIpc) is 2.04. The number of ketones is 1. The molecule has 2 nitrogen and oxygen atoms in total. The topological polar surface area (TPSA) is 29.1 Å². The van der Waals surface area contributed by atoms with Gasteiger partial charge in [-0.1, -0.05) is 13.0 Å². The molecule has 1 N–H and O–H groups in total. The molecule has 1 rings (SSSR count). The molecule has 0 aromatic carbocycles. The van der Waals surface area contributed by atoms with Gasteiger partial charge in [0.25, 0.3) is 0 Å². The highest BCUT2D eigenvalue weighted by atomic mass is 16.1. The molecule has 11 heavy (non-hydrogen) atoms. The van der Waals surface area contributed by atoms with Crippen molar-refractivity contribution in [2.75, 3.05) is 0 Å². The number of nitrogens with one attached hydrogen (secondary N) is 1. The van der Waals surface area contributed by atoms with Crippen LogP contribution in [0.25, 0.3) is 0 Å².